The Hall–Kier alpha value is -2.56. The summed E-state index contributed by atoms with van der Waals surface area (Å²) in [5, 5.41) is 16.3. The molecule has 2 aromatic carbocycles. The minimum atomic E-state index is -0.900. The first kappa shape index (κ1) is 14.8. The number of nitrogens with one attached hydrogen (secondary N) is 2. The summed E-state index contributed by atoms with van der Waals surface area (Å²) in [4.78, 5) is 22.8. The Morgan fingerprint density at radius 3 is 2.57 bits per heavy atom. The van der Waals surface area contributed by atoms with E-state index in [4.69, 9.17) is 5.11 Å². The number of benzene rings is 2. The zero-order valence-corrected chi connectivity index (χ0v) is 11.8. The highest BCUT2D eigenvalue weighted by Crippen LogP contribution is 2.22. The summed E-state index contributed by atoms with van der Waals surface area (Å²) >= 11 is 0. The van der Waals surface area contributed by atoms with E-state index in [-0.39, 0.29) is 6.54 Å². The molecule has 0 saturated carbocycles. The smallest absolute Gasteiger partial charge is 0.319 e. The topological polar surface area (TPSA) is 78.4 Å². The number of anilines is 1. The van der Waals surface area contributed by atoms with Crippen LogP contribution < -0.4 is 10.6 Å². The van der Waals surface area contributed by atoms with E-state index in [1.807, 2.05) is 42.5 Å². The Balaban J connectivity index is 2.03. The molecule has 3 N–H and O–H groups in total. The van der Waals surface area contributed by atoms with Crippen LogP contribution in [0.4, 0.5) is 10.5 Å². The lowest BCUT2D eigenvalue weighted by Gasteiger charge is -2.13. The molecular weight excluding hydrogens is 268 g/mol. The molecule has 0 radical (unpaired) electrons. The summed E-state index contributed by atoms with van der Waals surface area (Å²) in [5.74, 6) is -1.47. The third kappa shape index (κ3) is 3.72. The number of carbonyl (C=O) groups excluding carboxylic acids is 1. The molecule has 0 fully saturated rings. The molecule has 2 amide bonds. The van der Waals surface area contributed by atoms with Crippen molar-refractivity contribution in [2.45, 2.75) is 13.3 Å². The summed E-state index contributed by atoms with van der Waals surface area (Å²) in [6.45, 7) is 1.89. The fourth-order valence-electron chi connectivity index (χ4n) is 2.12. The van der Waals surface area contributed by atoms with Gasteiger partial charge in [-0.05, 0) is 17.9 Å². The summed E-state index contributed by atoms with van der Waals surface area (Å²) in [5.41, 5.74) is 0.703. The van der Waals surface area contributed by atoms with Crippen LogP contribution in [0, 0.1) is 5.92 Å². The van der Waals surface area contributed by atoms with E-state index in [1.165, 1.54) is 0 Å². The molecule has 0 aromatic heterocycles. The molecule has 0 saturated heterocycles. The molecule has 0 bridgehead atoms. The zero-order chi connectivity index (χ0) is 15.2. The second-order valence-electron chi connectivity index (χ2n) is 4.81. The average molecular weight is 286 g/mol. The van der Waals surface area contributed by atoms with Gasteiger partial charge in [0.1, 0.15) is 0 Å². The van der Waals surface area contributed by atoms with Crippen LogP contribution in [0.25, 0.3) is 10.8 Å². The fourth-order valence-corrected chi connectivity index (χ4v) is 2.12. The first-order valence-corrected chi connectivity index (χ1v) is 6.87. The maximum atomic E-state index is 11.9. The number of fused-ring (bicyclic) bond motifs is 1. The summed E-state index contributed by atoms with van der Waals surface area (Å²) < 4.78 is 0. The van der Waals surface area contributed by atoms with Gasteiger partial charge in [0.25, 0.3) is 0 Å². The van der Waals surface area contributed by atoms with Crippen molar-refractivity contribution in [3.8, 4) is 0 Å². The molecule has 110 valence electrons. The lowest BCUT2D eigenvalue weighted by molar-refractivity contribution is -0.141. The minimum Gasteiger partial charge on any atom is -0.481 e. The van der Waals surface area contributed by atoms with Crippen LogP contribution in [-0.4, -0.2) is 23.7 Å². The quantitative estimate of drug-likeness (QED) is 0.790. The van der Waals surface area contributed by atoms with Gasteiger partial charge in [0.15, 0.2) is 0 Å². The molecule has 0 aliphatic heterocycles. The Morgan fingerprint density at radius 2 is 1.86 bits per heavy atom. The van der Waals surface area contributed by atoms with Gasteiger partial charge < -0.3 is 15.7 Å². The van der Waals surface area contributed by atoms with Crippen LogP contribution in [0.2, 0.25) is 0 Å². The Labute approximate surface area is 123 Å². The number of amides is 2. The minimum absolute atomic E-state index is 0.114. The highest BCUT2D eigenvalue weighted by Gasteiger charge is 2.16. The number of carboxylic acids is 1. The normalized spacial score (nSPS) is 11.9. The van der Waals surface area contributed by atoms with Crippen LogP contribution in [0.15, 0.2) is 42.5 Å². The first-order valence-electron chi connectivity index (χ1n) is 6.87. The van der Waals surface area contributed by atoms with Gasteiger partial charge in [-0.15, -0.1) is 0 Å². The standard InChI is InChI=1S/C16H18N2O3/c1-2-11(15(19)20)10-17-16(21)18-14-9-5-7-12-6-3-4-8-13(12)14/h3-9,11H,2,10H2,1H3,(H,19,20)(H2,17,18,21). The molecule has 1 atom stereocenters. The number of aliphatic carboxylic acids is 1. The maximum Gasteiger partial charge on any atom is 0.319 e. The predicted molar refractivity (Wildman–Crippen MR) is 82.4 cm³/mol. The molecule has 21 heavy (non-hydrogen) atoms. The summed E-state index contributed by atoms with van der Waals surface area (Å²) in [6, 6.07) is 13.0. The van der Waals surface area contributed by atoms with Gasteiger partial charge in [0, 0.05) is 11.9 Å². The van der Waals surface area contributed by atoms with Crippen LogP contribution in [0.5, 0.6) is 0 Å². The van der Waals surface area contributed by atoms with Gasteiger partial charge in [-0.1, -0.05) is 43.3 Å². The molecule has 1 unspecified atom stereocenters. The largest absolute Gasteiger partial charge is 0.481 e. The van der Waals surface area contributed by atoms with Crippen LogP contribution >= 0.6 is 0 Å². The van der Waals surface area contributed by atoms with Crippen LogP contribution in [0.1, 0.15) is 13.3 Å². The second kappa shape index (κ2) is 6.74. The molecule has 2 rings (SSSR count). The number of carbonyl (C=O) groups is 2. The Kier molecular flexibility index (Phi) is 4.77. The fraction of sp³-hybridized carbons (Fsp3) is 0.250. The highest BCUT2D eigenvalue weighted by molar-refractivity contribution is 6.01. The van der Waals surface area contributed by atoms with E-state index in [9.17, 15) is 9.59 Å². The third-order valence-electron chi connectivity index (χ3n) is 3.39. The van der Waals surface area contributed by atoms with E-state index in [1.54, 1.807) is 6.92 Å². The van der Waals surface area contributed by atoms with Crippen molar-refractivity contribution in [2.24, 2.45) is 5.92 Å². The zero-order valence-electron chi connectivity index (χ0n) is 11.8. The Morgan fingerprint density at radius 1 is 1.14 bits per heavy atom. The van der Waals surface area contributed by atoms with Gasteiger partial charge in [-0.25, -0.2) is 4.79 Å². The van der Waals surface area contributed by atoms with Crippen LogP contribution in [-0.2, 0) is 4.79 Å². The van der Waals surface area contributed by atoms with Crippen molar-refractivity contribution in [1.29, 1.82) is 0 Å². The van der Waals surface area contributed by atoms with Gasteiger partial charge in [0.05, 0.1) is 11.6 Å². The predicted octanol–water partition coefficient (Wildman–Crippen LogP) is 3.07. The van der Waals surface area contributed by atoms with Gasteiger partial charge in [-0.3, -0.25) is 4.79 Å². The summed E-state index contributed by atoms with van der Waals surface area (Å²) in [6.07, 6.45) is 0.476. The average Bonchev–Trinajstić information content (AvgIpc) is 2.48. The molecule has 2 aromatic rings. The second-order valence-corrected chi connectivity index (χ2v) is 4.81. The highest BCUT2D eigenvalue weighted by atomic mass is 16.4. The summed E-state index contributed by atoms with van der Waals surface area (Å²) in [7, 11) is 0. The van der Waals surface area contributed by atoms with Crippen molar-refractivity contribution in [3.63, 3.8) is 0 Å². The van der Waals surface area contributed by atoms with Crippen molar-refractivity contribution in [2.75, 3.05) is 11.9 Å². The third-order valence-corrected chi connectivity index (χ3v) is 3.39. The monoisotopic (exact) mass is 286 g/mol. The van der Waals surface area contributed by atoms with Crippen LogP contribution in [0.3, 0.4) is 0 Å². The van der Waals surface area contributed by atoms with E-state index in [2.05, 4.69) is 10.6 Å². The first-order chi connectivity index (χ1) is 10.1. The molecule has 0 aliphatic rings. The van der Waals surface area contributed by atoms with E-state index in [0.29, 0.717) is 12.1 Å². The number of carboxylic acid groups (broad SMARTS) is 1. The Bertz CT molecular complexity index is 650. The molecule has 5 nitrogen and oxygen atoms in total. The van der Waals surface area contributed by atoms with E-state index >= 15 is 0 Å². The van der Waals surface area contributed by atoms with E-state index < -0.39 is 17.9 Å². The SMILES string of the molecule is CCC(CNC(=O)Nc1cccc2ccccc12)C(=O)O. The molecule has 0 heterocycles. The number of rotatable bonds is 5. The van der Waals surface area contributed by atoms with Crippen molar-refractivity contribution in [1.82, 2.24) is 5.32 Å². The maximum absolute atomic E-state index is 11.9. The number of urea groups is 1. The van der Waals surface area contributed by atoms with Gasteiger partial charge >= 0.3 is 12.0 Å². The van der Waals surface area contributed by atoms with Crippen molar-refractivity contribution in [3.05, 3.63) is 42.5 Å². The molecule has 5 heteroatoms. The lowest BCUT2D eigenvalue weighted by atomic mass is 10.1. The molecule has 0 aliphatic carbocycles. The molecular formula is C16H18N2O3. The number of hydrogen-bond donors (Lipinski definition) is 3. The van der Waals surface area contributed by atoms with Gasteiger partial charge in [-0.2, -0.15) is 0 Å². The lowest BCUT2D eigenvalue weighted by Crippen LogP contribution is -2.35. The van der Waals surface area contributed by atoms with Crippen molar-refractivity contribution < 1.29 is 14.7 Å². The van der Waals surface area contributed by atoms with Crippen molar-refractivity contribution >= 4 is 28.5 Å². The molecule has 0 spiro atoms. The number of hydrogen-bond acceptors (Lipinski definition) is 2. The van der Waals surface area contributed by atoms with E-state index in [0.717, 1.165) is 10.8 Å². The van der Waals surface area contributed by atoms with Gasteiger partial charge in [0.2, 0.25) is 0 Å².